The molecule has 0 heterocycles. The summed E-state index contributed by atoms with van der Waals surface area (Å²) in [5.74, 6) is 0.387. The average Bonchev–Trinajstić information content (AvgIpc) is 2.37. The first kappa shape index (κ1) is 16.3. The smallest absolute Gasteiger partial charge is 0.231 e. The van der Waals surface area contributed by atoms with Gasteiger partial charge in [-0.2, -0.15) is 0 Å². The predicted octanol–water partition coefficient (Wildman–Crippen LogP) is 3.42. The van der Waals surface area contributed by atoms with E-state index in [0.29, 0.717) is 27.4 Å². The zero-order valence-electron chi connectivity index (χ0n) is 11.2. The van der Waals surface area contributed by atoms with E-state index in [1.807, 2.05) is 13.8 Å². The van der Waals surface area contributed by atoms with Crippen molar-refractivity contribution in [2.24, 2.45) is 11.1 Å². The molecule has 19 heavy (non-hydrogen) atoms. The molecule has 0 saturated carbocycles. The van der Waals surface area contributed by atoms with Crippen LogP contribution in [0.2, 0.25) is 5.02 Å². The van der Waals surface area contributed by atoms with E-state index in [9.17, 15) is 4.79 Å². The molecule has 0 aliphatic carbocycles. The second-order valence-electron chi connectivity index (χ2n) is 4.54. The molecule has 1 aromatic carbocycles. The summed E-state index contributed by atoms with van der Waals surface area (Å²) in [5, 5.41) is 3.34. The predicted molar refractivity (Wildman–Crippen MR) is 81.8 cm³/mol. The Morgan fingerprint density at radius 3 is 2.68 bits per heavy atom. The van der Waals surface area contributed by atoms with Gasteiger partial charge in [0.15, 0.2) is 5.75 Å². The van der Waals surface area contributed by atoms with Crippen LogP contribution in [-0.2, 0) is 4.79 Å². The fourth-order valence-corrected chi connectivity index (χ4v) is 2.50. The lowest BCUT2D eigenvalue weighted by atomic mass is 9.86. The number of halogens is 2. The van der Waals surface area contributed by atoms with Crippen LogP contribution in [0.3, 0.4) is 0 Å². The number of nitrogens with one attached hydrogen (secondary N) is 1. The second-order valence-corrected chi connectivity index (χ2v) is 5.83. The number of benzene rings is 1. The molecule has 1 unspecified atom stereocenters. The van der Waals surface area contributed by atoms with Gasteiger partial charge in [-0.05, 0) is 41.4 Å². The summed E-state index contributed by atoms with van der Waals surface area (Å²) in [6.07, 6.45) is 0.652. The average molecular weight is 350 g/mol. The van der Waals surface area contributed by atoms with E-state index in [1.54, 1.807) is 12.1 Å². The Labute approximate surface area is 126 Å². The summed E-state index contributed by atoms with van der Waals surface area (Å²) in [6.45, 7) is 4.03. The number of carbonyl (C=O) groups is 1. The molecular formula is C13H18BrClN2O2. The first-order valence-corrected chi connectivity index (χ1v) is 7.09. The van der Waals surface area contributed by atoms with Crippen LogP contribution in [0.4, 0.5) is 5.69 Å². The maximum atomic E-state index is 12.3. The van der Waals surface area contributed by atoms with Gasteiger partial charge in [0, 0.05) is 11.6 Å². The minimum Gasteiger partial charge on any atom is -0.493 e. The van der Waals surface area contributed by atoms with Gasteiger partial charge in [-0.1, -0.05) is 18.5 Å². The number of amides is 1. The molecule has 1 atom stereocenters. The minimum absolute atomic E-state index is 0.148. The minimum atomic E-state index is -0.611. The Kier molecular flexibility index (Phi) is 5.64. The topological polar surface area (TPSA) is 64.4 Å². The maximum absolute atomic E-state index is 12.3. The molecule has 0 radical (unpaired) electrons. The van der Waals surface area contributed by atoms with Gasteiger partial charge in [-0.3, -0.25) is 4.79 Å². The number of nitrogens with two attached hydrogens (primary N) is 1. The van der Waals surface area contributed by atoms with Crippen LogP contribution in [0, 0.1) is 5.41 Å². The van der Waals surface area contributed by atoms with Crippen LogP contribution in [0.25, 0.3) is 0 Å². The van der Waals surface area contributed by atoms with Crippen molar-refractivity contribution in [2.75, 3.05) is 19.0 Å². The quantitative estimate of drug-likeness (QED) is 0.856. The van der Waals surface area contributed by atoms with Gasteiger partial charge in [-0.25, -0.2) is 0 Å². The molecule has 106 valence electrons. The van der Waals surface area contributed by atoms with E-state index < -0.39 is 5.41 Å². The van der Waals surface area contributed by atoms with Crippen molar-refractivity contribution in [1.82, 2.24) is 0 Å². The van der Waals surface area contributed by atoms with Crippen molar-refractivity contribution in [3.63, 3.8) is 0 Å². The van der Waals surface area contributed by atoms with Crippen LogP contribution >= 0.6 is 27.5 Å². The molecule has 0 bridgehead atoms. The Bertz CT molecular complexity index is 476. The fraction of sp³-hybridized carbons (Fsp3) is 0.462. The number of hydrogen-bond acceptors (Lipinski definition) is 3. The highest BCUT2D eigenvalue weighted by molar-refractivity contribution is 9.10. The number of anilines is 1. The van der Waals surface area contributed by atoms with Gasteiger partial charge in [0.25, 0.3) is 0 Å². The van der Waals surface area contributed by atoms with Crippen LogP contribution in [0.15, 0.2) is 16.6 Å². The third-order valence-corrected chi connectivity index (χ3v) is 4.05. The summed E-state index contributed by atoms with van der Waals surface area (Å²) < 4.78 is 5.94. The van der Waals surface area contributed by atoms with E-state index in [2.05, 4.69) is 21.2 Å². The zero-order valence-corrected chi connectivity index (χ0v) is 13.6. The monoisotopic (exact) mass is 348 g/mol. The van der Waals surface area contributed by atoms with Crippen molar-refractivity contribution < 1.29 is 9.53 Å². The van der Waals surface area contributed by atoms with Crippen molar-refractivity contribution >= 4 is 39.1 Å². The third-order valence-electron chi connectivity index (χ3n) is 3.24. The van der Waals surface area contributed by atoms with E-state index >= 15 is 0 Å². The highest BCUT2D eigenvalue weighted by Crippen LogP contribution is 2.37. The van der Waals surface area contributed by atoms with Gasteiger partial charge in [0.2, 0.25) is 5.91 Å². The summed E-state index contributed by atoms with van der Waals surface area (Å²) >= 11 is 9.33. The Morgan fingerprint density at radius 1 is 1.58 bits per heavy atom. The number of ether oxygens (including phenoxy) is 1. The first-order valence-electron chi connectivity index (χ1n) is 5.92. The standard InChI is InChI=1S/C13H18BrClN2O2/c1-4-13(2,7-16)12(18)17-10-6-8(15)5-9(14)11(10)19-3/h5-6H,4,7,16H2,1-3H3,(H,17,18). The summed E-state index contributed by atoms with van der Waals surface area (Å²) in [5.41, 5.74) is 5.59. The molecule has 0 aliphatic heterocycles. The Balaban J connectivity index is 3.09. The van der Waals surface area contributed by atoms with Gasteiger partial charge in [-0.15, -0.1) is 0 Å². The SMILES string of the molecule is CCC(C)(CN)C(=O)Nc1cc(Cl)cc(Br)c1OC. The molecule has 1 amide bonds. The molecule has 0 spiro atoms. The lowest BCUT2D eigenvalue weighted by molar-refractivity contribution is -0.124. The van der Waals surface area contributed by atoms with Crippen LogP contribution < -0.4 is 15.8 Å². The third kappa shape index (κ3) is 3.61. The normalized spacial score (nSPS) is 13.8. The van der Waals surface area contributed by atoms with Crippen LogP contribution in [0.5, 0.6) is 5.75 Å². The highest BCUT2D eigenvalue weighted by Gasteiger charge is 2.30. The molecule has 6 heteroatoms. The highest BCUT2D eigenvalue weighted by atomic mass is 79.9. The van der Waals surface area contributed by atoms with E-state index in [4.69, 9.17) is 22.1 Å². The van der Waals surface area contributed by atoms with Gasteiger partial charge < -0.3 is 15.8 Å². The number of hydrogen-bond donors (Lipinski definition) is 2. The lowest BCUT2D eigenvalue weighted by Gasteiger charge is -2.25. The molecule has 3 N–H and O–H groups in total. The first-order chi connectivity index (χ1) is 8.87. The number of carbonyl (C=O) groups excluding carboxylic acids is 1. The number of rotatable bonds is 5. The second kappa shape index (κ2) is 6.59. The van der Waals surface area contributed by atoms with Crippen molar-refractivity contribution in [3.8, 4) is 5.75 Å². The van der Waals surface area contributed by atoms with Crippen molar-refractivity contribution in [3.05, 3.63) is 21.6 Å². The molecule has 4 nitrogen and oxygen atoms in total. The van der Waals surface area contributed by atoms with E-state index in [1.165, 1.54) is 7.11 Å². The molecular weight excluding hydrogens is 332 g/mol. The fourth-order valence-electron chi connectivity index (χ4n) is 1.53. The van der Waals surface area contributed by atoms with Crippen molar-refractivity contribution in [1.29, 1.82) is 0 Å². The van der Waals surface area contributed by atoms with E-state index in [-0.39, 0.29) is 12.5 Å². The van der Waals surface area contributed by atoms with E-state index in [0.717, 1.165) is 0 Å². The molecule has 0 fully saturated rings. The molecule has 1 aromatic rings. The molecule has 0 aliphatic rings. The van der Waals surface area contributed by atoms with Gasteiger partial charge >= 0.3 is 0 Å². The maximum Gasteiger partial charge on any atom is 0.231 e. The number of methoxy groups -OCH3 is 1. The molecule has 1 rings (SSSR count). The Hall–Kier alpha value is -0.780. The Morgan fingerprint density at radius 2 is 2.21 bits per heavy atom. The summed E-state index contributed by atoms with van der Waals surface area (Å²) in [7, 11) is 1.53. The van der Waals surface area contributed by atoms with Crippen molar-refractivity contribution in [2.45, 2.75) is 20.3 Å². The van der Waals surface area contributed by atoms with Crippen LogP contribution in [-0.4, -0.2) is 19.6 Å². The van der Waals surface area contributed by atoms with Crippen LogP contribution in [0.1, 0.15) is 20.3 Å². The largest absolute Gasteiger partial charge is 0.493 e. The summed E-state index contributed by atoms with van der Waals surface area (Å²) in [6, 6.07) is 3.35. The lowest BCUT2D eigenvalue weighted by Crippen LogP contribution is -2.39. The molecule has 0 saturated heterocycles. The molecule has 0 aromatic heterocycles. The van der Waals surface area contributed by atoms with Gasteiger partial charge in [0.1, 0.15) is 0 Å². The zero-order chi connectivity index (χ0) is 14.6. The summed E-state index contributed by atoms with van der Waals surface area (Å²) in [4.78, 5) is 12.3. The van der Waals surface area contributed by atoms with Gasteiger partial charge in [0.05, 0.1) is 22.7 Å².